The topological polar surface area (TPSA) is 64.4 Å². The lowest BCUT2D eigenvalue weighted by molar-refractivity contribution is -0.124. The first-order valence-corrected chi connectivity index (χ1v) is 8.52. The van der Waals surface area contributed by atoms with Gasteiger partial charge in [0.25, 0.3) is 0 Å². The van der Waals surface area contributed by atoms with Gasteiger partial charge in [0.05, 0.1) is 6.61 Å². The van der Waals surface area contributed by atoms with Crippen molar-refractivity contribution in [2.45, 2.75) is 6.92 Å². The summed E-state index contributed by atoms with van der Waals surface area (Å²) in [4.78, 5) is 11.5. The molecule has 0 saturated heterocycles. The minimum absolute atomic E-state index is 0.0264. The maximum absolute atomic E-state index is 11.5. The lowest BCUT2D eigenvalue weighted by Crippen LogP contribution is -2.34. The number of nitrogens with one attached hydrogen (secondary N) is 1. The number of carbonyl (C=O) groups excluding carboxylic acids is 1. The molecule has 0 radical (unpaired) electrons. The van der Waals surface area contributed by atoms with Crippen molar-refractivity contribution in [3.63, 3.8) is 0 Å². The molecule has 0 heterocycles. The second-order valence-corrected chi connectivity index (χ2v) is 6.49. The molecule has 1 rings (SSSR count). The van der Waals surface area contributed by atoms with Crippen LogP contribution in [0.15, 0.2) is 28.7 Å². The fourth-order valence-corrected chi connectivity index (χ4v) is 2.43. The van der Waals surface area contributed by atoms with Gasteiger partial charge in [0.2, 0.25) is 5.91 Å². The van der Waals surface area contributed by atoms with Gasteiger partial charge < -0.3 is 15.8 Å². The van der Waals surface area contributed by atoms with Crippen LogP contribution in [-0.4, -0.2) is 37.1 Å². The minimum atomic E-state index is -0.111. The number of rotatable bonds is 9. The van der Waals surface area contributed by atoms with Crippen LogP contribution in [0.4, 0.5) is 0 Å². The predicted octanol–water partition coefficient (Wildman–Crippen LogP) is 2.27. The SMILES string of the molecule is CC(CN)C(=O)NCCSCCOc1cccc(Br)c1. The maximum Gasteiger partial charge on any atom is 0.224 e. The Labute approximate surface area is 133 Å². The average Bonchev–Trinajstić information content (AvgIpc) is 2.45. The summed E-state index contributed by atoms with van der Waals surface area (Å²) in [7, 11) is 0. The third-order valence-electron chi connectivity index (χ3n) is 2.64. The van der Waals surface area contributed by atoms with E-state index in [-0.39, 0.29) is 11.8 Å². The van der Waals surface area contributed by atoms with Crippen molar-refractivity contribution in [2.75, 3.05) is 31.2 Å². The van der Waals surface area contributed by atoms with Crippen LogP contribution in [0, 0.1) is 5.92 Å². The highest BCUT2D eigenvalue weighted by Gasteiger charge is 2.08. The Morgan fingerprint density at radius 3 is 3.00 bits per heavy atom. The van der Waals surface area contributed by atoms with Crippen LogP contribution in [0.25, 0.3) is 0 Å². The van der Waals surface area contributed by atoms with Gasteiger partial charge in [-0.25, -0.2) is 0 Å². The summed E-state index contributed by atoms with van der Waals surface area (Å²) in [5.41, 5.74) is 5.42. The second-order valence-electron chi connectivity index (χ2n) is 4.35. The summed E-state index contributed by atoms with van der Waals surface area (Å²) in [5, 5.41) is 2.86. The zero-order chi connectivity index (χ0) is 14.8. The number of benzene rings is 1. The molecule has 0 spiro atoms. The largest absolute Gasteiger partial charge is 0.493 e. The van der Waals surface area contributed by atoms with E-state index in [9.17, 15) is 4.79 Å². The number of nitrogens with two attached hydrogens (primary N) is 1. The highest BCUT2D eigenvalue weighted by molar-refractivity contribution is 9.10. The highest BCUT2D eigenvalue weighted by Crippen LogP contribution is 2.17. The molecule has 0 aliphatic rings. The Hall–Kier alpha value is -0.720. The number of ether oxygens (including phenoxy) is 1. The molecule has 1 atom stereocenters. The van der Waals surface area contributed by atoms with E-state index in [2.05, 4.69) is 21.2 Å². The molecule has 0 fully saturated rings. The molecule has 0 aliphatic heterocycles. The molecule has 1 aromatic carbocycles. The van der Waals surface area contributed by atoms with E-state index in [0.717, 1.165) is 21.7 Å². The number of hydrogen-bond donors (Lipinski definition) is 2. The van der Waals surface area contributed by atoms with E-state index in [4.69, 9.17) is 10.5 Å². The molecule has 0 bridgehead atoms. The van der Waals surface area contributed by atoms with E-state index in [1.54, 1.807) is 11.8 Å². The van der Waals surface area contributed by atoms with Crippen molar-refractivity contribution in [2.24, 2.45) is 11.7 Å². The van der Waals surface area contributed by atoms with E-state index in [0.29, 0.717) is 19.7 Å². The van der Waals surface area contributed by atoms with Crippen molar-refractivity contribution in [3.8, 4) is 5.75 Å². The predicted molar refractivity (Wildman–Crippen MR) is 88.2 cm³/mol. The number of hydrogen-bond acceptors (Lipinski definition) is 4. The average molecular weight is 361 g/mol. The summed E-state index contributed by atoms with van der Waals surface area (Å²) < 4.78 is 6.63. The standard InChI is InChI=1S/C14H21BrN2O2S/c1-11(10-16)14(18)17-5-7-20-8-6-19-13-4-2-3-12(15)9-13/h2-4,9,11H,5-8,10,16H2,1H3,(H,17,18). The van der Waals surface area contributed by atoms with Gasteiger partial charge in [0.15, 0.2) is 0 Å². The highest BCUT2D eigenvalue weighted by atomic mass is 79.9. The molecule has 6 heteroatoms. The monoisotopic (exact) mass is 360 g/mol. The van der Waals surface area contributed by atoms with Gasteiger partial charge in [-0.05, 0) is 18.2 Å². The summed E-state index contributed by atoms with van der Waals surface area (Å²) >= 11 is 5.16. The Kier molecular flexibility index (Phi) is 8.73. The van der Waals surface area contributed by atoms with Crippen molar-refractivity contribution in [3.05, 3.63) is 28.7 Å². The number of halogens is 1. The van der Waals surface area contributed by atoms with Crippen LogP contribution in [0.5, 0.6) is 5.75 Å². The summed E-state index contributed by atoms with van der Waals surface area (Å²) in [6.07, 6.45) is 0. The van der Waals surface area contributed by atoms with Gasteiger partial charge in [-0.1, -0.05) is 28.9 Å². The van der Waals surface area contributed by atoms with Crippen molar-refractivity contribution in [1.29, 1.82) is 0 Å². The third-order valence-corrected chi connectivity index (χ3v) is 4.08. The van der Waals surface area contributed by atoms with Gasteiger partial charge in [0.1, 0.15) is 5.75 Å². The molecule has 20 heavy (non-hydrogen) atoms. The molecule has 1 unspecified atom stereocenters. The Bertz CT molecular complexity index is 418. The zero-order valence-corrected chi connectivity index (χ0v) is 14.0. The molecule has 0 aromatic heterocycles. The van der Waals surface area contributed by atoms with Gasteiger partial charge in [-0.3, -0.25) is 4.79 Å². The second kappa shape index (κ2) is 10.1. The van der Waals surface area contributed by atoms with Crippen LogP contribution < -0.4 is 15.8 Å². The quantitative estimate of drug-likeness (QED) is 0.663. The van der Waals surface area contributed by atoms with Crippen LogP contribution in [-0.2, 0) is 4.79 Å². The first-order chi connectivity index (χ1) is 9.63. The van der Waals surface area contributed by atoms with Crippen molar-refractivity contribution in [1.82, 2.24) is 5.32 Å². The van der Waals surface area contributed by atoms with Gasteiger partial charge in [-0.2, -0.15) is 11.8 Å². The number of amides is 1. The summed E-state index contributed by atoms with van der Waals surface area (Å²) in [5.74, 6) is 2.56. The molecule has 0 aliphatic carbocycles. The first kappa shape index (κ1) is 17.3. The molecular weight excluding hydrogens is 340 g/mol. The third kappa shape index (κ3) is 7.17. The lowest BCUT2D eigenvalue weighted by Gasteiger charge is -2.10. The zero-order valence-electron chi connectivity index (χ0n) is 11.6. The normalized spacial score (nSPS) is 11.9. The summed E-state index contributed by atoms with van der Waals surface area (Å²) in [6.45, 7) is 3.55. The number of thioether (sulfide) groups is 1. The van der Waals surface area contributed by atoms with Crippen molar-refractivity contribution >= 4 is 33.6 Å². The van der Waals surface area contributed by atoms with Gasteiger partial charge in [-0.15, -0.1) is 0 Å². The van der Waals surface area contributed by atoms with Crippen LogP contribution in [0.3, 0.4) is 0 Å². The smallest absolute Gasteiger partial charge is 0.224 e. The summed E-state index contributed by atoms with van der Waals surface area (Å²) in [6, 6.07) is 7.79. The van der Waals surface area contributed by atoms with E-state index in [1.807, 2.05) is 31.2 Å². The molecule has 112 valence electrons. The Morgan fingerprint density at radius 2 is 2.30 bits per heavy atom. The van der Waals surface area contributed by atoms with Crippen molar-refractivity contribution < 1.29 is 9.53 Å². The van der Waals surface area contributed by atoms with Gasteiger partial charge in [0, 0.05) is 35.0 Å². The maximum atomic E-state index is 11.5. The van der Waals surface area contributed by atoms with Gasteiger partial charge >= 0.3 is 0 Å². The van der Waals surface area contributed by atoms with E-state index < -0.39 is 0 Å². The lowest BCUT2D eigenvalue weighted by atomic mass is 10.2. The molecular formula is C14H21BrN2O2S. The fourth-order valence-electron chi connectivity index (χ4n) is 1.40. The Morgan fingerprint density at radius 1 is 1.50 bits per heavy atom. The molecule has 0 saturated carbocycles. The van der Waals surface area contributed by atoms with Crippen LogP contribution >= 0.6 is 27.7 Å². The van der Waals surface area contributed by atoms with E-state index >= 15 is 0 Å². The van der Waals surface area contributed by atoms with E-state index in [1.165, 1.54) is 0 Å². The number of carbonyl (C=O) groups is 1. The fraction of sp³-hybridized carbons (Fsp3) is 0.500. The molecule has 4 nitrogen and oxygen atoms in total. The molecule has 1 amide bonds. The van der Waals surface area contributed by atoms with Crippen LogP contribution in [0.1, 0.15) is 6.92 Å². The molecule has 1 aromatic rings. The molecule has 3 N–H and O–H groups in total. The Balaban J connectivity index is 2.01. The first-order valence-electron chi connectivity index (χ1n) is 6.57. The van der Waals surface area contributed by atoms with Crippen LogP contribution in [0.2, 0.25) is 0 Å². The minimum Gasteiger partial charge on any atom is -0.493 e.